The minimum Gasteiger partial charge on any atom is -0.207 e. The second-order valence-corrected chi connectivity index (χ2v) is 8.32. The molecule has 1 saturated heterocycles. The molecule has 2 aromatic carbocycles. The Kier molecular flexibility index (Phi) is 4.61. The Morgan fingerprint density at radius 3 is 2.29 bits per heavy atom. The summed E-state index contributed by atoms with van der Waals surface area (Å²) in [4.78, 5) is 0.354. The Morgan fingerprint density at radius 2 is 1.67 bits per heavy atom. The molecule has 0 amide bonds. The zero-order valence-electron chi connectivity index (χ0n) is 14.1. The third-order valence-corrected chi connectivity index (χ3v) is 6.78. The number of hydrogen-bond donors (Lipinski definition) is 0. The van der Waals surface area contributed by atoms with Gasteiger partial charge in [-0.05, 0) is 50.0 Å². The number of aryl methyl sites for hydroxylation is 1. The third kappa shape index (κ3) is 3.04. The topological polar surface area (TPSA) is 37.4 Å². The van der Waals surface area contributed by atoms with Gasteiger partial charge < -0.3 is 0 Å². The van der Waals surface area contributed by atoms with Crippen molar-refractivity contribution in [1.29, 1.82) is 0 Å². The van der Waals surface area contributed by atoms with Gasteiger partial charge in [0.15, 0.2) is 0 Å². The molecule has 0 aromatic heterocycles. The van der Waals surface area contributed by atoms with Crippen molar-refractivity contribution in [3.8, 4) is 0 Å². The molecule has 0 unspecified atom stereocenters. The van der Waals surface area contributed by atoms with Crippen molar-refractivity contribution in [2.45, 2.75) is 43.7 Å². The van der Waals surface area contributed by atoms with Crippen LogP contribution in [0.15, 0.2) is 66.1 Å². The maximum absolute atomic E-state index is 13.2. The standard InChI is InChI=1S/C20H23NO2S/c1-15-9-12-19(13-10-15)24(22,23)21-16(2)11-14-20(21)17(3)18-7-5-4-6-8-18/h4-10,12-13,16,20H,3,11,14H2,1-2H3/t16-,20-/m0/s1. The molecule has 0 saturated carbocycles. The summed E-state index contributed by atoms with van der Waals surface area (Å²) in [7, 11) is -3.53. The van der Waals surface area contributed by atoms with Crippen molar-refractivity contribution in [2.75, 3.05) is 0 Å². The van der Waals surface area contributed by atoms with Crippen molar-refractivity contribution < 1.29 is 8.42 Å². The first-order valence-electron chi connectivity index (χ1n) is 8.25. The lowest BCUT2D eigenvalue weighted by atomic mass is 9.99. The van der Waals surface area contributed by atoms with Crippen LogP contribution in [-0.2, 0) is 10.0 Å². The average Bonchev–Trinajstić information content (AvgIpc) is 2.98. The lowest BCUT2D eigenvalue weighted by Gasteiger charge is -2.29. The molecule has 0 radical (unpaired) electrons. The van der Waals surface area contributed by atoms with E-state index in [0.29, 0.717) is 4.90 Å². The summed E-state index contributed by atoms with van der Waals surface area (Å²) in [5.74, 6) is 0. The molecule has 1 fully saturated rings. The molecule has 0 spiro atoms. The Balaban J connectivity index is 1.97. The summed E-state index contributed by atoms with van der Waals surface area (Å²) in [6.07, 6.45) is 1.65. The number of sulfonamides is 1. The number of hydrogen-bond acceptors (Lipinski definition) is 2. The molecule has 0 aliphatic carbocycles. The van der Waals surface area contributed by atoms with E-state index in [1.54, 1.807) is 16.4 Å². The van der Waals surface area contributed by atoms with Gasteiger partial charge in [0.2, 0.25) is 10.0 Å². The molecule has 4 heteroatoms. The molecule has 3 nitrogen and oxygen atoms in total. The Hall–Kier alpha value is -1.91. The van der Waals surface area contributed by atoms with Crippen molar-refractivity contribution >= 4 is 15.6 Å². The minimum atomic E-state index is -3.53. The summed E-state index contributed by atoms with van der Waals surface area (Å²) in [6.45, 7) is 8.14. The van der Waals surface area contributed by atoms with E-state index in [2.05, 4.69) is 6.58 Å². The number of rotatable bonds is 4. The van der Waals surface area contributed by atoms with Gasteiger partial charge >= 0.3 is 0 Å². The first kappa shape index (κ1) is 16.9. The second kappa shape index (κ2) is 6.54. The van der Waals surface area contributed by atoms with Crippen molar-refractivity contribution in [2.24, 2.45) is 0 Å². The molecule has 3 rings (SSSR count). The van der Waals surface area contributed by atoms with Gasteiger partial charge in [-0.25, -0.2) is 8.42 Å². The zero-order chi connectivity index (χ0) is 17.3. The van der Waals surface area contributed by atoms with E-state index < -0.39 is 10.0 Å². The summed E-state index contributed by atoms with van der Waals surface area (Å²) in [5.41, 5.74) is 2.92. The van der Waals surface area contributed by atoms with Crippen LogP contribution in [0.25, 0.3) is 5.57 Å². The van der Waals surface area contributed by atoms with Crippen molar-refractivity contribution in [1.82, 2.24) is 4.31 Å². The fourth-order valence-corrected chi connectivity index (χ4v) is 5.24. The normalized spacial score (nSPS) is 21.8. The van der Waals surface area contributed by atoms with Crippen molar-refractivity contribution in [3.63, 3.8) is 0 Å². The summed E-state index contributed by atoms with van der Waals surface area (Å²) >= 11 is 0. The Bertz CT molecular complexity index is 826. The fourth-order valence-electron chi connectivity index (χ4n) is 3.37. The highest BCUT2D eigenvalue weighted by atomic mass is 32.2. The molecular weight excluding hydrogens is 318 g/mol. The first-order chi connectivity index (χ1) is 11.4. The largest absolute Gasteiger partial charge is 0.243 e. The Morgan fingerprint density at radius 1 is 1.04 bits per heavy atom. The van der Waals surface area contributed by atoms with E-state index in [1.807, 2.05) is 56.3 Å². The molecule has 2 aromatic rings. The molecule has 1 aliphatic rings. The zero-order valence-corrected chi connectivity index (χ0v) is 15.0. The van der Waals surface area contributed by atoms with Gasteiger partial charge in [-0.2, -0.15) is 4.31 Å². The van der Waals surface area contributed by atoms with Crippen LogP contribution in [0, 0.1) is 6.92 Å². The number of nitrogens with zero attached hydrogens (tertiary/aromatic N) is 1. The molecular formula is C20H23NO2S. The molecule has 0 bridgehead atoms. The maximum Gasteiger partial charge on any atom is 0.243 e. The van der Waals surface area contributed by atoms with Crippen LogP contribution in [-0.4, -0.2) is 24.8 Å². The highest BCUT2D eigenvalue weighted by Gasteiger charge is 2.41. The monoisotopic (exact) mass is 341 g/mol. The van der Waals surface area contributed by atoms with Crippen LogP contribution in [0.1, 0.15) is 30.9 Å². The molecule has 0 N–H and O–H groups in total. The van der Waals surface area contributed by atoms with Gasteiger partial charge in [0.05, 0.1) is 10.9 Å². The molecule has 1 aliphatic heterocycles. The smallest absolute Gasteiger partial charge is 0.207 e. The van der Waals surface area contributed by atoms with Gasteiger partial charge in [0, 0.05) is 6.04 Å². The highest BCUT2D eigenvalue weighted by molar-refractivity contribution is 7.89. The quantitative estimate of drug-likeness (QED) is 0.834. The third-order valence-electron chi connectivity index (χ3n) is 4.74. The lowest BCUT2D eigenvalue weighted by Crippen LogP contribution is -2.40. The number of benzene rings is 2. The van der Waals surface area contributed by atoms with E-state index in [-0.39, 0.29) is 12.1 Å². The molecule has 1 heterocycles. The van der Waals surface area contributed by atoms with E-state index in [0.717, 1.165) is 29.5 Å². The molecule has 126 valence electrons. The van der Waals surface area contributed by atoms with Crippen LogP contribution < -0.4 is 0 Å². The SMILES string of the molecule is C=C(c1ccccc1)[C@@H]1CC[C@H](C)N1S(=O)(=O)c1ccc(C)cc1. The minimum absolute atomic E-state index is 0.0261. The van der Waals surface area contributed by atoms with Crippen LogP contribution in [0.5, 0.6) is 0 Å². The lowest BCUT2D eigenvalue weighted by molar-refractivity contribution is 0.375. The summed E-state index contributed by atoms with van der Waals surface area (Å²) < 4.78 is 28.0. The van der Waals surface area contributed by atoms with E-state index in [9.17, 15) is 8.42 Å². The summed E-state index contributed by atoms with van der Waals surface area (Å²) in [5, 5.41) is 0. The Labute approximate surface area is 144 Å². The summed E-state index contributed by atoms with van der Waals surface area (Å²) in [6, 6.07) is 16.7. The van der Waals surface area contributed by atoms with Crippen molar-refractivity contribution in [3.05, 3.63) is 72.3 Å². The molecule has 24 heavy (non-hydrogen) atoms. The van der Waals surface area contributed by atoms with Crippen LogP contribution in [0.2, 0.25) is 0 Å². The van der Waals surface area contributed by atoms with E-state index >= 15 is 0 Å². The van der Waals surface area contributed by atoms with E-state index in [1.165, 1.54) is 0 Å². The maximum atomic E-state index is 13.2. The van der Waals surface area contributed by atoms with Crippen LogP contribution in [0.4, 0.5) is 0 Å². The predicted octanol–water partition coefficient (Wildman–Crippen LogP) is 4.25. The van der Waals surface area contributed by atoms with Gasteiger partial charge in [0.25, 0.3) is 0 Å². The predicted molar refractivity (Wildman–Crippen MR) is 98.2 cm³/mol. The molecule has 2 atom stereocenters. The van der Waals surface area contributed by atoms with Crippen LogP contribution >= 0.6 is 0 Å². The van der Waals surface area contributed by atoms with Crippen LogP contribution in [0.3, 0.4) is 0 Å². The van der Waals surface area contributed by atoms with Gasteiger partial charge in [0.1, 0.15) is 0 Å². The highest BCUT2D eigenvalue weighted by Crippen LogP contribution is 2.37. The van der Waals surface area contributed by atoms with Gasteiger partial charge in [-0.15, -0.1) is 0 Å². The fraction of sp³-hybridized carbons (Fsp3) is 0.300. The van der Waals surface area contributed by atoms with Gasteiger partial charge in [-0.3, -0.25) is 0 Å². The average molecular weight is 341 g/mol. The van der Waals surface area contributed by atoms with Gasteiger partial charge in [-0.1, -0.05) is 54.6 Å². The first-order valence-corrected chi connectivity index (χ1v) is 9.69. The van der Waals surface area contributed by atoms with E-state index in [4.69, 9.17) is 0 Å². The second-order valence-electron chi connectivity index (χ2n) is 6.48.